The van der Waals surface area contributed by atoms with Crippen LogP contribution in [0.3, 0.4) is 0 Å². The molecule has 7 nitrogen and oxygen atoms in total. The van der Waals surface area contributed by atoms with Crippen LogP contribution in [0.5, 0.6) is 11.5 Å². The Morgan fingerprint density at radius 2 is 1.59 bits per heavy atom. The van der Waals surface area contributed by atoms with Gasteiger partial charge in [-0.15, -0.1) is 10.2 Å². The van der Waals surface area contributed by atoms with E-state index in [1.807, 2.05) is 31.2 Å². The number of rotatable bonds is 6. The third-order valence-electron chi connectivity index (χ3n) is 3.96. The molecule has 1 amide bonds. The SMILES string of the molecule is COc1ccc(C(=O)Nc2ccc(Nc3ccccc3C)nn2)cc1OC. The third kappa shape index (κ3) is 4.33. The molecule has 3 rings (SSSR count). The molecule has 0 aliphatic carbocycles. The average Bonchev–Trinajstić information content (AvgIpc) is 2.70. The molecule has 1 aromatic heterocycles. The smallest absolute Gasteiger partial charge is 0.257 e. The molecule has 0 aliphatic heterocycles. The number of aryl methyl sites for hydroxylation is 1. The van der Waals surface area contributed by atoms with E-state index in [0.29, 0.717) is 28.7 Å². The standard InChI is InChI=1S/C20H20N4O3/c1-13-6-4-5-7-15(13)21-18-10-11-19(24-23-18)22-20(25)14-8-9-16(26-2)17(12-14)27-3/h4-12H,1-3H3,(H,21,23)(H,22,24,25). The average molecular weight is 364 g/mol. The first kappa shape index (κ1) is 18.2. The van der Waals surface area contributed by atoms with Gasteiger partial charge >= 0.3 is 0 Å². The van der Waals surface area contributed by atoms with Crippen molar-refractivity contribution in [1.82, 2.24) is 10.2 Å². The van der Waals surface area contributed by atoms with Crippen molar-refractivity contribution in [2.24, 2.45) is 0 Å². The number of hydrogen-bond acceptors (Lipinski definition) is 6. The van der Waals surface area contributed by atoms with Gasteiger partial charge in [0.05, 0.1) is 14.2 Å². The Kier molecular flexibility index (Phi) is 5.51. The van der Waals surface area contributed by atoms with Crippen LogP contribution in [-0.4, -0.2) is 30.3 Å². The summed E-state index contributed by atoms with van der Waals surface area (Å²) in [7, 11) is 3.06. The van der Waals surface area contributed by atoms with Gasteiger partial charge in [-0.1, -0.05) is 18.2 Å². The van der Waals surface area contributed by atoms with E-state index in [1.165, 1.54) is 7.11 Å². The van der Waals surface area contributed by atoms with Gasteiger partial charge in [0, 0.05) is 11.3 Å². The molecule has 0 saturated heterocycles. The van der Waals surface area contributed by atoms with E-state index >= 15 is 0 Å². The molecule has 2 aromatic carbocycles. The highest BCUT2D eigenvalue weighted by atomic mass is 16.5. The zero-order valence-corrected chi connectivity index (χ0v) is 15.3. The van der Waals surface area contributed by atoms with Crippen molar-refractivity contribution in [2.45, 2.75) is 6.92 Å². The molecule has 0 fully saturated rings. The monoisotopic (exact) mass is 364 g/mol. The maximum atomic E-state index is 12.4. The number of anilines is 3. The summed E-state index contributed by atoms with van der Waals surface area (Å²) in [5, 5.41) is 14.1. The van der Waals surface area contributed by atoms with Gasteiger partial charge in [-0.25, -0.2) is 0 Å². The van der Waals surface area contributed by atoms with Crippen molar-refractivity contribution in [1.29, 1.82) is 0 Å². The van der Waals surface area contributed by atoms with Crippen molar-refractivity contribution in [2.75, 3.05) is 24.9 Å². The van der Waals surface area contributed by atoms with Gasteiger partial charge in [-0.05, 0) is 48.9 Å². The van der Waals surface area contributed by atoms with Crippen LogP contribution in [-0.2, 0) is 0 Å². The topological polar surface area (TPSA) is 85.4 Å². The predicted molar refractivity (Wildman–Crippen MR) is 104 cm³/mol. The van der Waals surface area contributed by atoms with Crippen LogP contribution < -0.4 is 20.1 Å². The quantitative estimate of drug-likeness (QED) is 0.692. The highest BCUT2D eigenvalue weighted by molar-refractivity contribution is 6.04. The normalized spacial score (nSPS) is 10.2. The molecule has 138 valence electrons. The minimum Gasteiger partial charge on any atom is -0.493 e. The van der Waals surface area contributed by atoms with Crippen LogP contribution in [0.25, 0.3) is 0 Å². The van der Waals surface area contributed by atoms with Crippen molar-refractivity contribution < 1.29 is 14.3 Å². The molecule has 0 atom stereocenters. The first-order valence-electron chi connectivity index (χ1n) is 8.30. The van der Waals surface area contributed by atoms with Crippen LogP contribution in [0.4, 0.5) is 17.3 Å². The first-order chi connectivity index (χ1) is 13.1. The van der Waals surface area contributed by atoms with E-state index in [9.17, 15) is 4.79 Å². The summed E-state index contributed by atoms with van der Waals surface area (Å²) in [6, 6.07) is 16.3. The van der Waals surface area contributed by atoms with Gasteiger partial charge in [0.25, 0.3) is 5.91 Å². The molecule has 0 unspecified atom stereocenters. The van der Waals surface area contributed by atoms with Crippen LogP contribution in [0, 0.1) is 6.92 Å². The van der Waals surface area contributed by atoms with Crippen LogP contribution >= 0.6 is 0 Å². The van der Waals surface area contributed by atoms with Crippen molar-refractivity contribution in [3.63, 3.8) is 0 Å². The highest BCUT2D eigenvalue weighted by Crippen LogP contribution is 2.27. The number of amides is 1. The second-order valence-corrected chi connectivity index (χ2v) is 5.77. The van der Waals surface area contributed by atoms with Crippen molar-refractivity contribution in [3.05, 3.63) is 65.7 Å². The maximum Gasteiger partial charge on any atom is 0.257 e. The Morgan fingerprint density at radius 3 is 2.26 bits per heavy atom. The predicted octanol–water partition coefficient (Wildman–Crippen LogP) is 3.80. The Morgan fingerprint density at radius 1 is 0.889 bits per heavy atom. The molecule has 0 saturated carbocycles. The number of para-hydroxylation sites is 1. The van der Waals surface area contributed by atoms with E-state index in [2.05, 4.69) is 20.8 Å². The van der Waals surface area contributed by atoms with E-state index in [1.54, 1.807) is 37.4 Å². The van der Waals surface area contributed by atoms with Crippen molar-refractivity contribution in [3.8, 4) is 11.5 Å². The summed E-state index contributed by atoms with van der Waals surface area (Å²) in [6.45, 7) is 2.01. The zero-order valence-electron chi connectivity index (χ0n) is 15.3. The third-order valence-corrected chi connectivity index (χ3v) is 3.96. The number of carbonyl (C=O) groups excluding carboxylic acids is 1. The number of nitrogens with one attached hydrogen (secondary N) is 2. The molecule has 0 bridgehead atoms. The zero-order chi connectivity index (χ0) is 19.2. The first-order valence-corrected chi connectivity index (χ1v) is 8.30. The van der Waals surface area contributed by atoms with E-state index in [0.717, 1.165) is 11.3 Å². The number of carbonyl (C=O) groups is 1. The maximum absolute atomic E-state index is 12.4. The molecule has 2 N–H and O–H groups in total. The fraction of sp³-hybridized carbons (Fsp3) is 0.150. The Hall–Kier alpha value is -3.61. The summed E-state index contributed by atoms with van der Waals surface area (Å²) in [5.74, 6) is 1.66. The number of benzene rings is 2. The number of nitrogens with zero attached hydrogens (tertiary/aromatic N) is 2. The van der Waals surface area contributed by atoms with Gasteiger partial charge < -0.3 is 20.1 Å². The molecule has 0 radical (unpaired) electrons. The number of hydrogen-bond donors (Lipinski definition) is 2. The Balaban J connectivity index is 1.69. The Labute approximate surface area is 157 Å². The van der Waals surface area contributed by atoms with E-state index < -0.39 is 0 Å². The summed E-state index contributed by atoms with van der Waals surface area (Å²) in [5.41, 5.74) is 2.48. The van der Waals surface area contributed by atoms with E-state index in [4.69, 9.17) is 9.47 Å². The molecule has 7 heteroatoms. The van der Waals surface area contributed by atoms with Gasteiger partial charge in [-0.3, -0.25) is 4.79 Å². The van der Waals surface area contributed by atoms with Crippen LogP contribution in [0.1, 0.15) is 15.9 Å². The summed E-state index contributed by atoms with van der Waals surface area (Å²) in [4.78, 5) is 12.4. The number of ether oxygens (including phenoxy) is 2. The molecule has 27 heavy (non-hydrogen) atoms. The Bertz CT molecular complexity index is 942. The lowest BCUT2D eigenvalue weighted by Gasteiger charge is -2.10. The van der Waals surface area contributed by atoms with Gasteiger partial charge in [0.15, 0.2) is 23.1 Å². The second kappa shape index (κ2) is 8.18. The summed E-state index contributed by atoms with van der Waals surface area (Å²) < 4.78 is 10.4. The molecular formula is C20H20N4O3. The van der Waals surface area contributed by atoms with Gasteiger partial charge in [0.1, 0.15) is 0 Å². The fourth-order valence-corrected chi connectivity index (χ4v) is 2.48. The lowest BCUT2D eigenvalue weighted by molar-refractivity contribution is 0.102. The van der Waals surface area contributed by atoms with Gasteiger partial charge in [-0.2, -0.15) is 0 Å². The minimum atomic E-state index is -0.315. The lowest BCUT2D eigenvalue weighted by atomic mass is 10.2. The largest absolute Gasteiger partial charge is 0.493 e. The molecule has 3 aromatic rings. The summed E-state index contributed by atoms with van der Waals surface area (Å²) in [6.07, 6.45) is 0. The molecule has 0 aliphatic rings. The molecular weight excluding hydrogens is 344 g/mol. The van der Waals surface area contributed by atoms with E-state index in [-0.39, 0.29) is 5.91 Å². The van der Waals surface area contributed by atoms with Crippen molar-refractivity contribution >= 4 is 23.2 Å². The second-order valence-electron chi connectivity index (χ2n) is 5.77. The van der Waals surface area contributed by atoms with Crippen LogP contribution in [0.2, 0.25) is 0 Å². The molecule has 1 heterocycles. The van der Waals surface area contributed by atoms with Gasteiger partial charge in [0.2, 0.25) is 0 Å². The number of aromatic nitrogens is 2. The minimum absolute atomic E-state index is 0.315. The highest BCUT2D eigenvalue weighted by Gasteiger charge is 2.12. The van der Waals surface area contributed by atoms with Crippen LogP contribution in [0.15, 0.2) is 54.6 Å². The fourth-order valence-electron chi connectivity index (χ4n) is 2.48. The summed E-state index contributed by atoms with van der Waals surface area (Å²) >= 11 is 0. The number of methoxy groups -OCH3 is 2. The lowest BCUT2D eigenvalue weighted by Crippen LogP contribution is -2.13. The molecule has 0 spiro atoms.